The van der Waals surface area contributed by atoms with Crippen molar-refractivity contribution in [3.63, 3.8) is 0 Å². The van der Waals surface area contributed by atoms with E-state index in [0.717, 1.165) is 34.4 Å². The summed E-state index contributed by atoms with van der Waals surface area (Å²) >= 11 is 1.79. The number of aromatic nitrogens is 1. The summed E-state index contributed by atoms with van der Waals surface area (Å²) in [6.45, 7) is 8.42. The van der Waals surface area contributed by atoms with Gasteiger partial charge in [0, 0.05) is 11.4 Å². The summed E-state index contributed by atoms with van der Waals surface area (Å²) < 4.78 is 0. The molecule has 92 valence electrons. The van der Waals surface area contributed by atoms with E-state index in [0.29, 0.717) is 0 Å². The van der Waals surface area contributed by atoms with Gasteiger partial charge in [-0.2, -0.15) is 0 Å². The van der Waals surface area contributed by atoms with Gasteiger partial charge in [0.05, 0.1) is 16.9 Å². The van der Waals surface area contributed by atoms with Gasteiger partial charge in [0.2, 0.25) is 0 Å². The Bertz CT molecular complexity index is 456. The van der Waals surface area contributed by atoms with Gasteiger partial charge in [0.15, 0.2) is 5.17 Å². The molecule has 0 saturated heterocycles. The highest BCUT2D eigenvalue weighted by molar-refractivity contribution is 8.14. The van der Waals surface area contributed by atoms with Gasteiger partial charge >= 0.3 is 0 Å². The maximum atomic E-state index is 4.74. The van der Waals surface area contributed by atoms with E-state index in [4.69, 9.17) is 4.99 Å². The molecule has 0 spiro atoms. The van der Waals surface area contributed by atoms with Crippen LogP contribution >= 0.6 is 11.8 Å². The lowest BCUT2D eigenvalue weighted by atomic mass is 10.0. The molecule has 0 radical (unpaired) electrons. The molecule has 1 aliphatic heterocycles. The SMILES string of the molecule is CCC1(C)CSC(Nc2ccc(C)nc2C)=N1. The quantitative estimate of drug-likeness (QED) is 0.873. The minimum atomic E-state index is 0.0963. The highest BCUT2D eigenvalue weighted by Gasteiger charge is 2.28. The van der Waals surface area contributed by atoms with Gasteiger partial charge in [-0.15, -0.1) is 0 Å². The average molecular weight is 249 g/mol. The normalized spacial score (nSPS) is 23.6. The summed E-state index contributed by atoms with van der Waals surface area (Å²) in [7, 11) is 0. The Hall–Kier alpha value is -1.03. The van der Waals surface area contributed by atoms with Crippen LogP contribution in [0.1, 0.15) is 31.7 Å². The molecule has 0 fully saturated rings. The van der Waals surface area contributed by atoms with Gasteiger partial charge in [-0.05, 0) is 39.3 Å². The fraction of sp³-hybridized carbons (Fsp3) is 0.538. The fourth-order valence-electron chi connectivity index (χ4n) is 1.71. The highest BCUT2D eigenvalue weighted by Crippen LogP contribution is 2.31. The van der Waals surface area contributed by atoms with Gasteiger partial charge in [0.1, 0.15) is 0 Å². The lowest BCUT2D eigenvalue weighted by molar-refractivity contribution is 0.523. The zero-order chi connectivity index (χ0) is 12.5. The van der Waals surface area contributed by atoms with E-state index in [2.05, 4.69) is 30.2 Å². The zero-order valence-electron chi connectivity index (χ0n) is 10.9. The van der Waals surface area contributed by atoms with Crippen LogP contribution in [-0.2, 0) is 0 Å². The molecule has 0 aliphatic carbocycles. The van der Waals surface area contributed by atoms with Gasteiger partial charge in [-0.25, -0.2) is 0 Å². The Morgan fingerprint density at radius 3 is 2.76 bits per heavy atom. The number of amidine groups is 1. The molecule has 0 amide bonds. The number of nitrogens with one attached hydrogen (secondary N) is 1. The van der Waals surface area contributed by atoms with Crippen molar-refractivity contribution in [1.82, 2.24) is 4.98 Å². The third-order valence-corrected chi connectivity index (χ3v) is 4.35. The second kappa shape index (κ2) is 4.69. The Kier molecular flexibility index (Phi) is 3.43. The molecular weight excluding hydrogens is 230 g/mol. The number of hydrogen-bond acceptors (Lipinski definition) is 4. The summed E-state index contributed by atoms with van der Waals surface area (Å²) in [5, 5.41) is 4.39. The Morgan fingerprint density at radius 2 is 2.18 bits per heavy atom. The summed E-state index contributed by atoms with van der Waals surface area (Å²) in [5.74, 6) is 1.06. The van der Waals surface area contributed by atoms with Crippen LogP contribution in [0.3, 0.4) is 0 Å². The molecule has 1 N–H and O–H groups in total. The van der Waals surface area contributed by atoms with Crippen LogP contribution in [0.5, 0.6) is 0 Å². The van der Waals surface area contributed by atoms with Crippen molar-refractivity contribution < 1.29 is 0 Å². The Balaban J connectivity index is 2.15. The lowest BCUT2D eigenvalue weighted by Gasteiger charge is -2.15. The van der Waals surface area contributed by atoms with E-state index in [-0.39, 0.29) is 5.54 Å². The second-order valence-electron chi connectivity index (χ2n) is 4.77. The number of aryl methyl sites for hydroxylation is 2. The van der Waals surface area contributed by atoms with Crippen LogP contribution in [0.15, 0.2) is 17.1 Å². The molecule has 2 heterocycles. The number of thioether (sulfide) groups is 1. The van der Waals surface area contributed by atoms with Crippen molar-refractivity contribution in [3.8, 4) is 0 Å². The van der Waals surface area contributed by atoms with Crippen molar-refractivity contribution in [2.75, 3.05) is 11.1 Å². The van der Waals surface area contributed by atoms with E-state index in [1.807, 2.05) is 19.9 Å². The molecule has 1 aliphatic rings. The highest BCUT2D eigenvalue weighted by atomic mass is 32.2. The molecule has 1 atom stereocenters. The zero-order valence-corrected chi connectivity index (χ0v) is 11.7. The Morgan fingerprint density at radius 1 is 1.41 bits per heavy atom. The van der Waals surface area contributed by atoms with Crippen molar-refractivity contribution >= 4 is 22.6 Å². The number of anilines is 1. The van der Waals surface area contributed by atoms with Crippen LogP contribution in [-0.4, -0.2) is 21.4 Å². The monoisotopic (exact) mass is 249 g/mol. The third-order valence-electron chi connectivity index (χ3n) is 3.12. The molecule has 1 unspecified atom stereocenters. The van der Waals surface area contributed by atoms with E-state index in [1.165, 1.54) is 0 Å². The van der Waals surface area contributed by atoms with Crippen LogP contribution in [0, 0.1) is 13.8 Å². The van der Waals surface area contributed by atoms with Gasteiger partial charge in [0.25, 0.3) is 0 Å². The summed E-state index contributed by atoms with van der Waals surface area (Å²) in [4.78, 5) is 9.18. The van der Waals surface area contributed by atoms with Crippen LogP contribution < -0.4 is 5.32 Å². The largest absolute Gasteiger partial charge is 0.333 e. The first kappa shape index (κ1) is 12.4. The molecule has 0 aromatic carbocycles. The van der Waals surface area contributed by atoms with Crippen LogP contribution in [0.2, 0.25) is 0 Å². The lowest BCUT2D eigenvalue weighted by Crippen LogP contribution is -2.20. The number of nitrogens with zero attached hydrogens (tertiary/aromatic N) is 2. The third kappa shape index (κ3) is 2.80. The van der Waals surface area contributed by atoms with Crippen molar-refractivity contribution in [1.29, 1.82) is 0 Å². The summed E-state index contributed by atoms with van der Waals surface area (Å²) in [5.41, 5.74) is 3.23. The van der Waals surface area contributed by atoms with Gasteiger partial charge in [-0.1, -0.05) is 18.7 Å². The summed E-state index contributed by atoms with van der Waals surface area (Å²) in [6, 6.07) is 4.09. The maximum Gasteiger partial charge on any atom is 0.161 e. The maximum absolute atomic E-state index is 4.74. The first-order chi connectivity index (χ1) is 8.02. The average Bonchev–Trinajstić information content (AvgIpc) is 2.66. The molecule has 4 heteroatoms. The van der Waals surface area contributed by atoms with E-state index >= 15 is 0 Å². The molecule has 1 aromatic rings. The van der Waals surface area contributed by atoms with Crippen molar-refractivity contribution in [3.05, 3.63) is 23.5 Å². The minimum Gasteiger partial charge on any atom is -0.333 e. The van der Waals surface area contributed by atoms with Crippen LogP contribution in [0.25, 0.3) is 0 Å². The van der Waals surface area contributed by atoms with Gasteiger partial charge in [-0.3, -0.25) is 9.98 Å². The topological polar surface area (TPSA) is 37.3 Å². The minimum absolute atomic E-state index is 0.0963. The van der Waals surface area contributed by atoms with Crippen molar-refractivity contribution in [2.45, 2.75) is 39.7 Å². The van der Waals surface area contributed by atoms with E-state index < -0.39 is 0 Å². The first-order valence-electron chi connectivity index (χ1n) is 5.96. The molecule has 2 rings (SSSR count). The number of rotatable bonds is 2. The molecule has 0 bridgehead atoms. The van der Waals surface area contributed by atoms with E-state index in [9.17, 15) is 0 Å². The van der Waals surface area contributed by atoms with Gasteiger partial charge < -0.3 is 5.32 Å². The first-order valence-corrected chi connectivity index (χ1v) is 6.95. The van der Waals surface area contributed by atoms with E-state index in [1.54, 1.807) is 11.8 Å². The standard InChI is InChI=1S/C13H19N3S/c1-5-13(4)8-17-12(16-13)15-11-7-6-9(2)14-10(11)3/h6-7H,5,8H2,1-4H3,(H,15,16). The fourth-order valence-corrected chi connectivity index (χ4v) is 2.90. The molecule has 0 saturated carbocycles. The number of pyridine rings is 1. The number of aliphatic imine (C=N–C) groups is 1. The predicted molar refractivity (Wildman–Crippen MR) is 75.9 cm³/mol. The smallest absolute Gasteiger partial charge is 0.161 e. The molecular formula is C13H19N3S. The predicted octanol–water partition coefficient (Wildman–Crippen LogP) is 3.38. The molecule has 1 aromatic heterocycles. The van der Waals surface area contributed by atoms with Crippen LogP contribution in [0.4, 0.5) is 5.69 Å². The summed E-state index contributed by atoms with van der Waals surface area (Å²) in [6.07, 6.45) is 1.08. The molecule has 3 nitrogen and oxygen atoms in total. The number of hydrogen-bond donors (Lipinski definition) is 1. The second-order valence-corrected chi connectivity index (χ2v) is 5.73. The molecule has 17 heavy (non-hydrogen) atoms. The Labute approximate surface area is 107 Å². The van der Waals surface area contributed by atoms with Crippen molar-refractivity contribution in [2.24, 2.45) is 4.99 Å².